The maximum Gasteiger partial charge on any atom is 0.341 e. The van der Waals surface area contributed by atoms with Crippen LogP contribution in [0.2, 0.25) is 0 Å². The van der Waals surface area contributed by atoms with E-state index in [1.165, 1.54) is 17.4 Å². The van der Waals surface area contributed by atoms with Crippen LogP contribution in [0.15, 0.2) is 28.7 Å². The van der Waals surface area contributed by atoms with Gasteiger partial charge < -0.3 is 14.8 Å². The SMILES string of the molecule is CCOC(=O)c1c(NC(=O)C=Cc2cc(Br)ccc2OCC)sc(C)c1C. The molecule has 1 heterocycles. The molecule has 1 aromatic heterocycles. The van der Waals surface area contributed by atoms with Gasteiger partial charge in [0.15, 0.2) is 0 Å². The molecular weight excluding hydrogens is 430 g/mol. The van der Waals surface area contributed by atoms with E-state index in [1.54, 1.807) is 13.0 Å². The summed E-state index contributed by atoms with van der Waals surface area (Å²) >= 11 is 4.78. The number of esters is 1. The topological polar surface area (TPSA) is 64.6 Å². The van der Waals surface area contributed by atoms with Gasteiger partial charge in [-0.05, 0) is 57.5 Å². The average Bonchev–Trinajstić information content (AvgIpc) is 2.89. The lowest BCUT2D eigenvalue weighted by molar-refractivity contribution is -0.111. The number of anilines is 1. The second-order valence-electron chi connectivity index (χ2n) is 5.65. The maximum absolute atomic E-state index is 12.4. The molecule has 0 fully saturated rings. The summed E-state index contributed by atoms with van der Waals surface area (Å²) in [4.78, 5) is 25.6. The predicted octanol–water partition coefficient (Wildman–Crippen LogP) is 5.35. The predicted molar refractivity (Wildman–Crippen MR) is 113 cm³/mol. The number of hydrogen-bond acceptors (Lipinski definition) is 5. The highest BCUT2D eigenvalue weighted by Gasteiger charge is 2.21. The van der Waals surface area contributed by atoms with Gasteiger partial charge in [-0.1, -0.05) is 15.9 Å². The van der Waals surface area contributed by atoms with Gasteiger partial charge in [0.05, 0.1) is 18.8 Å². The number of thiophene rings is 1. The van der Waals surface area contributed by atoms with Crippen molar-refractivity contribution in [3.63, 3.8) is 0 Å². The zero-order chi connectivity index (χ0) is 20.0. The summed E-state index contributed by atoms with van der Waals surface area (Å²) in [5.74, 6) is -0.0618. The van der Waals surface area contributed by atoms with Gasteiger partial charge >= 0.3 is 5.97 Å². The molecule has 2 aromatic rings. The van der Waals surface area contributed by atoms with E-state index in [-0.39, 0.29) is 12.5 Å². The molecule has 27 heavy (non-hydrogen) atoms. The zero-order valence-electron chi connectivity index (χ0n) is 15.7. The van der Waals surface area contributed by atoms with Crippen LogP contribution < -0.4 is 10.1 Å². The van der Waals surface area contributed by atoms with E-state index in [4.69, 9.17) is 9.47 Å². The number of carbonyl (C=O) groups is 2. The Balaban J connectivity index is 2.22. The number of benzene rings is 1. The Kier molecular flexibility index (Phi) is 7.62. The van der Waals surface area contributed by atoms with Crippen LogP contribution in [0.5, 0.6) is 5.75 Å². The molecule has 1 amide bonds. The van der Waals surface area contributed by atoms with Gasteiger partial charge in [0.25, 0.3) is 0 Å². The molecule has 0 spiro atoms. The molecule has 7 heteroatoms. The van der Waals surface area contributed by atoms with E-state index >= 15 is 0 Å². The number of amides is 1. The van der Waals surface area contributed by atoms with Crippen LogP contribution in [-0.4, -0.2) is 25.1 Å². The summed E-state index contributed by atoms with van der Waals surface area (Å²) in [7, 11) is 0. The summed E-state index contributed by atoms with van der Waals surface area (Å²) in [6, 6.07) is 5.60. The molecule has 0 atom stereocenters. The van der Waals surface area contributed by atoms with Crippen LogP contribution in [0, 0.1) is 13.8 Å². The van der Waals surface area contributed by atoms with Crippen LogP contribution >= 0.6 is 27.3 Å². The molecule has 0 aliphatic rings. The molecule has 2 rings (SSSR count). The van der Waals surface area contributed by atoms with Crippen LogP contribution in [0.25, 0.3) is 6.08 Å². The van der Waals surface area contributed by atoms with Gasteiger partial charge in [-0.3, -0.25) is 4.79 Å². The summed E-state index contributed by atoms with van der Waals surface area (Å²) in [6.45, 7) is 8.22. The molecular formula is C20H22BrNO4S. The van der Waals surface area contributed by atoms with Crippen LogP contribution in [0.1, 0.15) is 40.2 Å². The lowest BCUT2D eigenvalue weighted by Crippen LogP contribution is -2.12. The number of halogens is 1. The van der Waals surface area contributed by atoms with Crippen LogP contribution in [0.3, 0.4) is 0 Å². The van der Waals surface area contributed by atoms with Crippen molar-refractivity contribution in [3.8, 4) is 5.75 Å². The molecule has 0 saturated carbocycles. The largest absolute Gasteiger partial charge is 0.493 e. The number of ether oxygens (including phenoxy) is 2. The van der Waals surface area contributed by atoms with Gasteiger partial charge in [-0.2, -0.15) is 0 Å². The molecule has 5 nitrogen and oxygen atoms in total. The van der Waals surface area contributed by atoms with Crippen molar-refractivity contribution in [2.45, 2.75) is 27.7 Å². The zero-order valence-corrected chi connectivity index (χ0v) is 18.1. The molecule has 1 aromatic carbocycles. The Bertz CT molecular complexity index is 873. The average molecular weight is 452 g/mol. The van der Waals surface area contributed by atoms with Gasteiger partial charge in [0, 0.05) is 21.0 Å². The van der Waals surface area contributed by atoms with Crippen molar-refractivity contribution in [2.75, 3.05) is 18.5 Å². The first-order valence-electron chi connectivity index (χ1n) is 8.55. The fraction of sp³-hybridized carbons (Fsp3) is 0.300. The molecule has 0 aliphatic carbocycles. The summed E-state index contributed by atoms with van der Waals surface area (Å²) < 4.78 is 11.6. The minimum atomic E-state index is -0.427. The number of aryl methyl sites for hydroxylation is 1. The highest BCUT2D eigenvalue weighted by atomic mass is 79.9. The van der Waals surface area contributed by atoms with E-state index in [9.17, 15) is 9.59 Å². The highest BCUT2D eigenvalue weighted by Crippen LogP contribution is 2.33. The van der Waals surface area contributed by atoms with Gasteiger partial charge in [0.2, 0.25) is 5.91 Å². The fourth-order valence-corrected chi connectivity index (χ4v) is 3.85. The number of nitrogens with one attached hydrogen (secondary N) is 1. The Morgan fingerprint density at radius 2 is 1.96 bits per heavy atom. The normalized spacial score (nSPS) is 10.9. The lowest BCUT2D eigenvalue weighted by Gasteiger charge is -2.08. The Hall–Kier alpha value is -2.12. The third-order valence-electron chi connectivity index (χ3n) is 3.79. The van der Waals surface area contributed by atoms with Crippen molar-refractivity contribution in [1.29, 1.82) is 0 Å². The van der Waals surface area contributed by atoms with E-state index in [0.29, 0.717) is 22.9 Å². The van der Waals surface area contributed by atoms with E-state index in [2.05, 4.69) is 21.2 Å². The monoisotopic (exact) mass is 451 g/mol. The fourth-order valence-electron chi connectivity index (χ4n) is 2.42. The first kappa shape index (κ1) is 21.2. The van der Waals surface area contributed by atoms with Crippen molar-refractivity contribution in [3.05, 3.63) is 50.3 Å². The molecule has 0 saturated heterocycles. The minimum Gasteiger partial charge on any atom is -0.493 e. The minimum absolute atomic E-state index is 0.281. The van der Waals surface area contributed by atoms with Gasteiger partial charge in [0.1, 0.15) is 10.8 Å². The smallest absolute Gasteiger partial charge is 0.341 e. The third-order valence-corrected chi connectivity index (χ3v) is 5.40. The maximum atomic E-state index is 12.4. The van der Waals surface area contributed by atoms with E-state index < -0.39 is 5.97 Å². The highest BCUT2D eigenvalue weighted by molar-refractivity contribution is 9.10. The van der Waals surface area contributed by atoms with Crippen molar-refractivity contribution in [2.24, 2.45) is 0 Å². The van der Waals surface area contributed by atoms with Crippen molar-refractivity contribution < 1.29 is 19.1 Å². The second kappa shape index (κ2) is 9.71. The first-order valence-corrected chi connectivity index (χ1v) is 10.2. The summed E-state index contributed by atoms with van der Waals surface area (Å²) in [5, 5.41) is 3.28. The Morgan fingerprint density at radius 1 is 1.22 bits per heavy atom. The van der Waals surface area contributed by atoms with Crippen molar-refractivity contribution in [1.82, 2.24) is 0 Å². The third kappa shape index (κ3) is 5.43. The summed E-state index contributed by atoms with van der Waals surface area (Å²) in [5.41, 5.74) is 2.02. The molecule has 144 valence electrons. The van der Waals surface area contributed by atoms with Crippen LogP contribution in [0.4, 0.5) is 5.00 Å². The molecule has 1 N–H and O–H groups in total. The standard InChI is InChI=1S/C20H22BrNO4S/c1-5-25-16-9-8-15(21)11-14(16)7-10-17(23)22-19-18(20(24)26-6-2)12(3)13(4)27-19/h7-11H,5-6H2,1-4H3,(H,22,23). The molecule has 0 aliphatic heterocycles. The summed E-state index contributed by atoms with van der Waals surface area (Å²) in [6.07, 6.45) is 3.10. The van der Waals surface area contributed by atoms with Gasteiger partial charge in [-0.25, -0.2) is 4.79 Å². The van der Waals surface area contributed by atoms with E-state index in [0.717, 1.165) is 20.5 Å². The molecule has 0 unspecified atom stereocenters. The van der Waals surface area contributed by atoms with Crippen molar-refractivity contribution >= 4 is 50.2 Å². The quantitative estimate of drug-likeness (QED) is 0.454. The lowest BCUT2D eigenvalue weighted by atomic mass is 10.1. The Labute approximate surface area is 171 Å². The van der Waals surface area contributed by atoms with Gasteiger partial charge in [-0.15, -0.1) is 11.3 Å². The molecule has 0 bridgehead atoms. The number of carbonyl (C=O) groups excluding carboxylic acids is 2. The second-order valence-corrected chi connectivity index (χ2v) is 7.79. The number of rotatable bonds is 7. The molecule has 0 radical (unpaired) electrons. The first-order chi connectivity index (χ1) is 12.9. The number of hydrogen-bond donors (Lipinski definition) is 1. The Morgan fingerprint density at radius 3 is 2.63 bits per heavy atom. The van der Waals surface area contributed by atoms with E-state index in [1.807, 2.05) is 39.0 Å². The van der Waals surface area contributed by atoms with Crippen LogP contribution in [-0.2, 0) is 9.53 Å².